The van der Waals surface area contributed by atoms with E-state index in [4.69, 9.17) is 28.2 Å². The number of hydrogen-bond donors (Lipinski definition) is 1. The standard InChI is InChI=1S/C24H23Cl2N5/c1-14-9-16(3)23-20(10-14)15(2)11-22(28-23)29-27-12-21-17(4)30-31(24(21)26)13-18-5-7-19(25)8-6-18/h5-12H,13H2,1-4H3,(H,28,29). The van der Waals surface area contributed by atoms with Crippen LogP contribution in [0, 0.1) is 27.7 Å². The number of hydrogen-bond acceptors (Lipinski definition) is 4. The fourth-order valence-electron chi connectivity index (χ4n) is 3.65. The quantitative estimate of drug-likeness (QED) is 0.279. The molecule has 0 saturated heterocycles. The third-order valence-corrected chi connectivity index (χ3v) is 5.83. The summed E-state index contributed by atoms with van der Waals surface area (Å²) in [4.78, 5) is 4.73. The minimum absolute atomic E-state index is 0.534. The van der Waals surface area contributed by atoms with Gasteiger partial charge in [-0.25, -0.2) is 9.67 Å². The van der Waals surface area contributed by atoms with Gasteiger partial charge in [-0.15, -0.1) is 0 Å². The Kier molecular flexibility index (Phi) is 5.99. The number of nitrogens with one attached hydrogen (secondary N) is 1. The number of fused-ring (bicyclic) bond motifs is 1. The zero-order valence-electron chi connectivity index (χ0n) is 17.9. The summed E-state index contributed by atoms with van der Waals surface area (Å²) in [5.41, 5.74) is 10.2. The average molecular weight is 452 g/mol. The van der Waals surface area contributed by atoms with Gasteiger partial charge in [-0.1, -0.05) is 47.0 Å². The molecule has 0 aliphatic carbocycles. The molecule has 0 aliphatic rings. The van der Waals surface area contributed by atoms with Crippen molar-refractivity contribution in [2.24, 2.45) is 5.10 Å². The lowest BCUT2D eigenvalue weighted by molar-refractivity contribution is 0.680. The number of nitrogens with zero attached hydrogens (tertiary/aromatic N) is 4. The molecule has 0 fully saturated rings. The molecule has 4 aromatic rings. The van der Waals surface area contributed by atoms with Crippen molar-refractivity contribution in [2.75, 3.05) is 5.43 Å². The summed E-state index contributed by atoms with van der Waals surface area (Å²) in [7, 11) is 0. The zero-order chi connectivity index (χ0) is 22.1. The number of halogens is 2. The predicted molar refractivity (Wildman–Crippen MR) is 130 cm³/mol. The van der Waals surface area contributed by atoms with Crippen LogP contribution >= 0.6 is 23.2 Å². The summed E-state index contributed by atoms with van der Waals surface area (Å²) in [6.45, 7) is 8.73. The minimum atomic E-state index is 0.534. The molecule has 4 rings (SSSR count). The number of rotatable bonds is 5. The molecule has 7 heteroatoms. The van der Waals surface area contributed by atoms with E-state index in [2.05, 4.69) is 48.5 Å². The molecule has 1 N–H and O–H groups in total. The maximum absolute atomic E-state index is 6.57. The van der Waals surface area contributed by atoms with Crippen molar-refractivity contribution in [3.63, 3.8) is 0 Å². The average Bonchev–Trinajstić information content (AvgIpc) is 2.98. The van der Waals surface area contributed by atoms with Gasteiger partial charge in [0, 0.05) is 10.4 Å². The van der Waals surface area contributed by atoms with Crippen LogP contribution in [0.5, 0.6) is 0 Å². The lowest BCUT2D eigenvalue weighted by Crippen LogP contribution is -2.02. The van der Waals surface area contributed by atoms with Crippen LogP contribution in [0.15, 0.2) is 47.6 Å². The van der Waals surface area contributed by atoms with Crippen LogP contribution in [0.1, 0.15) is 33.5 Å². The summed E-state index contributed by atoms with van der Waals surface area (Å²) < 4.78 is 1.76. The fraction of sp³-hybridized carbons (Fsp3) is 0.208. The Labute approximate surface area is 191 Å². The summed E-state index contributed by atoms with van der Waals surface area (Å²) >= 11 is 12.5. The largest absolute Gasteiger partial charge is 0.261 e. The lowest BCUT2D eigenvalue weighted by atomic mass is 10.0. The normalized spacial score (nSPS) is 11.5. The van der Waals surface area contributed by atoms with Crippen molar-refractivity contribution in [3.05, 3.63) is 86.2 Å². The van der Waals surface area contributed by atoms with Crippen molar-refractivity contribution in [2.45, 2.75) is 34.2 Å². The monoisotopic (exact) mass is 451 g/mol. The Hall–Kier alpha value is -2.89. The van der Waals surface area contributed by atoms with Gasteiger partial charge in [0.1, 0.15) is 11.0 Å². The second kappa shape index (κ2) is 8.69. The highest BCUT2D eigenvalue weighted by Crippen LogP contribution is 2.25. The van der Waals surface area contributed by atoms with Crippen molar-refractivity contribution in [1.29, 1.82) is 0 Å². The van der Waals surface area contributed by atoms with Crippen LogP contribution in [0.4, 0.5) is 5.82 Å². The second-order valence-corrected chi connectivity index (χ2v) is 8.54. The summed E-state index contributed by atoms with van der Waals surface area (Å²) in [6.07, 6.45) is 1.69. The van der Waals surface area contributed by atoms with Crippen LogP contribution < -0.4 is 5.43 Å². The molecule has 31 heavy (non-hydrogen) atoms. The molecule has 5 nitrogen and oxygen atoms in total. The first-order chi connectivity index (χ1) is 14.8. The summed E-state index contributed by atoms with van der Waals surface area (Å²) in [5.74, 6) is 0.690. The molecule has 0 aliphatic heterocycles. The summed E-state index contributed by atoms with van der Waals surface area (Å²) in [6, 6.07) is 13.9. The molecule has 0 saturated carbocycles. The van der Waals surface area contributed by atoms with Crippen LogP contribution in [0.2, 0.25) is 10.2 Å². The van der Waals surface area contributed by atoms with Crippen molar-refractivity contribution >= 4 is 46.1 Å². The van der Waals surface area contributed by atoms with Gasteiger partial charge in [0.05, 0.1) is 29.5 Å². The molecule has 158 valence electrons. The molecular weight excluding hydrogens is 429 g/mol. The van der Waals surface area contributed by atoms with E-state index in [9.17, 15) is 0 Å². The third-order valence-electron chi connectivity index (χ3n) is 5.18. The molecule has 2 heterocycles. The maximum atomic E-state index is 6.57. The highest BCUT2D eigenvalue weighted by Gasteiger charge is 2.12. The van der Waals surface area contributed by atoms with Gasteiger partial charge in [0.15, 0.2) is 0 Å². The minimum Gasteiger partial charge on any atom is -0.261 e. The Balaban J connectivity index is 1.55. The van der Waals surface area contributed by atoms with E-state index in [1.54, 1.807) is 10.9 Å². The van der Waals surface area contributed by atoms with E-state index in [-0.39, 0.29) is 0 Å². The Morgan fingerprint density at radius 2 is 1.74 bits per heavy atom. The molecule has 0 spiro atoms. The Morgan fingerprint density at radius 1 is 1.00 bits per heavy atom. The van der Waals surface area contributed by atoms with Crippen LogP contribution in [-0.4, -0.2) is 21.0 Å². The van der Waals surface area contributed by atoms with Crippen LogP contribution in [-0.2, 0) is 6.54 Å². The smallest absolute Gasteiger partial charge is 0.147 e. The van der Waals surface area contributed by atoms with Gasteiger partial charge >= 0.3 is 0 Å². The topological polar surface area (TPSA) is 55.1 Å². The highest BCUT2D eigenvalue weighted by molar-refractivity contribution is 6.32. The van der Waals surface area contributed by atoms with E-state index in [0.29, 0.717) is 22.5 Å². The van der Waals surface area contributed by atoms with Crippen molar-refractivity contribution < 1.29 is 0 Å². The Morgan fingerprint density at radius 3 is 2.48 bits per heavy atom. The number of benzene rings is 2. The van der Waals surface area contributed by atoms with Gasteiger partial charge in [-0.3, -0.25) is 5.43 Å². The maximum Gasteiger partial charge on any atom is 0.147 e. The second-order valence-electron chi connectivity index (χ2n) is 7.75. The number of aromatic nitrogens is 3. The van der Waals surface area contributed by atoms with Gasteiger partial charge in [0.25, 0.3) is 0 Å². The number of hydrazone groups is 1. The van der Waals surface area contributed by atoms with Crippen molar-refractivity contribution in [3.8, 4) is 0 Å². The molecule has 0 bridgehead atoms. The van der Waals surface area contributed by atoms with Crippen LogP contribution in [0.3, 0.4) is 0 Å². The Bertz CT molecular complexity index is 1290. The van der Waals surface area contributed by atoms with Gasteiger partial charge < -0.3 is 0 Å². The van der Waals surface area contributed by atoms with E-state index in [1.807, 2.05) is 37.3 Å². The third kappa shape index (κ3) is 4.58. The van der Waals surface area contributed by atoms with E-state index in [1.165, 1.54) is 5.56 Å². The first kappa shape index (κ1) is 21.3. The molecule has 2 aromatic carbocycles. The number of aryl methyl sites for hydroxylation is 4. The number of pyridine rings is 1. The van der Waals surface area contributed by atoms with Gasteiger partial charge in [-0.2, -0.15) is 10.2 Å². The lowest BCUT2D eigenvalue weighted by Gasteiger charge is -2.09. The van der Waals surface area contributed by atoms with E-state index < -0.39 is 0 Å². The van der Waals surface area contributed by atoms with Crippen LogP contribution in [0.25, 0.3) is 10.9 Å². The molecule has 2 aromatic heterocycles. The van der Waals surface area contributed by atoms with Gasteiger partial charge in [-0.05, 0) is 68.7 Å². The molecule has 0 unspecified atom stereocenters. The SMILES string of the molecule is Cc1cc(C)c2nc(NN=Cc3c(C)nn(Cc4ccc(Cl)cc4)c3Cl)cc(C)c2c1. The predicted octanol–water partition coefficient (Wildman–Crippen LogP) is 6.47. The fourth-order valence-corrected chi connectivity index (χ4v) is 4.06. The number of anilines is 1. The molecule has 0 atom stereocenters. The molecular formula is C24H23Cl2N5. The summed E-state index contributed by atoms with van der Waals surface area (Å²) in [5, 5.41) is 11.3. The highest BCUT2D eigenvalue weighted by atomic mass is 35.5. The van der Waals surface area contributed by atoms with E-state index >= 15 is 0 Å². The first-order valence-corrected chi connectivity index (χ1v) is 10.7. The van der Waals surface area contributed by atoms with Crippen molar-refractivity contribution in [1.82, 2.24) is 14.8 Å². The van der Waals surface area contributed by atoms with Gasteiger partial charge in [0.2, 0.25) is 0 Å². The molecule has 0 amide bonds. The first-order valence-electron chi connectivity index (χ1n) is 9.97. The molecule has 0 radical (unpaired) electrons. The zero-order valence-corrected chi connectivity index (χ0v) is 19.4. The van der Waals surface area contributed by atoms with E-state index in [0.717, 1.165) is 38.9 Å².